The van der Waals surface area contributed by atoms with Crippen LogP contribution in [0.15, 0.2) is 97.1 Å². The summed E-state index contributed by atoms with van der Waals surface area (Å²) in [5, 5.41) is 13.3. The van der Waals surface area contributed by atoms with E-state index in [1.807, 2.05) is 54.6 Å². The molecule has 0 saturated carbocycles. The van der Waals surface area contributed by atoms with Gasteiger partial charge in [-0.2, -0.15) is 0 Å². The molecule has 0 saturated heterocycles. The molecule has 1 atom stereocenters. The predicted octanol–water partition coefficient (Wildman–Crippen LogP) is 5.52. The number of nitrogen functional groups attached to an aromatic ring is 1. The van der Waals surface area contributed by atoms with Crippen molar-refractivity contribution in [1.82, 2.24) is 9.88 Å². The highest BCUT2D eigenvalue weighted by atomic mass is 16.5. The summed E-state index contributed by atoms with van der Waals surface area (Å²) in [6.07, 6.45) is -0.630. The predicted molar refractivity (Wildman–Crippen MR) is 139 cm³/mol. The average molecular weight is 452 g/mol. The molecule has 0 aliphatic carbocycles. The van der Waals surface area contributed by atoms with Gasteiger partial charge < -0.3 is 20.6 Å². The summed E-state index contributed by atoms with van der Waals surface area (Å²) in [7, 11) is 0. The molecule has 1 aromatic heterocycles. The van der Waals surface area contributed by atoms with E-state index in [2.05, 4.69) is 52.3 Å². The molecule has 5 nitrogen and oxygen atoms in total. The van der Waals surface area contributed by atoms with E-state index in [0.29, 0.717) is 25.4 Å². The highest BCUT2D eigenvalue weighted by Crippen LogP contribution is 2.28. The minimum Gasteiger partial charge on any atom is -0.492 e. The lowest BCUT2D eigenvalue weighted by atomic mass is 10.1. The second-order valence-electron chi connectivity index (χ2n) is 8.63. The van der Waals surface area contributed by atoms with Gasteiger partial charge in [-0.25, -0.2) is 0 Å². The Bertz CT molecular complexity index is 1380. The Labute approximate surface area is 199 Å². The Morgan fingerprint density at radius 3 is 2.47 bits per heavy atom. The topological polar surface area (TPSA) is 74.5 Å². The van der Waals surface area contributed by atoms with Crippen LogP contribution >= 0.6 is 0 Å². The van der Waals surface area contributed by atoms with Crippen molar-refractivity contribution in [3.8, 4) is 5.75 Å². The van der Waals surface area contributed by atoms with Crippen LogP contribution in [0.4, 0.5) is 5.69 Å². The third-order valence-electron chi connectivity index (χ3n) is 6.13. The van der Waals surface area contributed by atoms with Crippen LogP contribution in [-0.2, 0) is 6.54 Å². The van der Waals surface area contributed by atoms with Crippen LogP contribution in [0.5, 0.6) is 5.75 Å². The van der Waals surface area contributed by atoms with Crippen LogP contribution in [0.25, 0.3) is 21.8 Å². The molecule has 0 aliphatic rings. The molecule has 172 valence electrons. The number of nitrogens with zero attached hydrogens (tertiary/aromatic N) is 1. The SMILES string of the molecule is Nc1cccc(C(O)CN(CCOc2ccc3c(c2)[nH]c2ccccc23)Cc2ccccc2)c1. The molecule has 5 aromatic rings. The Morgan fingerprint density at radius 1 is 0.824 bits per heavy atom. The molecule has 1 heterocycles. The summed E-state index contributed by atoms with van der Waals surface area (Å²) in [6.45, 7) is 2.41. The number of hydrogen-bond acceptors (Lipinski definition) is 4. The van der Waals surface area contributed by atoms with Gasteiger partial charge in [0.2, 0.25) is 0 Å². The average Bonchev–Trinajstić information content (AvgIpc) is 3.22. The molecule has 0 bridgehead atoms. The second kappa shape index (κ2) is 10.00. The number of benzene rings is 4. The maximum absolute atomic E-state index is 10.9. The van der Waals surface area contributed by atoms with Crippen molar-refractivity contribution >= 4 is 27.5 Å². The summed E-state index contributed by atoms with van der Waals surface area (Å²) in [4.78, 5) is 5.68. The van der Waals surface area contributed by atoms with Gasteiger partial charge in [0.1, 0.15) is 12.4 Å². The number of para-hydroxylation sites is 1. The number of anilines is 1. The number of nitrogens with one attached hydrogen (secondary N) is 1. The van der Waals surface area contributed by atoms with Crippen LogP contribution in [0, 0.1) is 0 Å². The minimum absolute atomic E-state index is 0.489. The van der Waals surface area contributed by atoms with E-state index in [0.717, 1.165) is 28.9 Å². The standard InChI is InChI=1S/C29H29N3O2/c30-23-10-6-9-22(17-23)29(33)20-32(19-21-7-2-1-3-8-21)15-16-34-24-13-14-26-25-11-4-5-12-27(25)31-28(26)18-24/h1-14,17-18,29,31,33H,15-16,19-20,30H2. The summed E-state index contributed by atoms with van der Waals surface area (Å²) >= 11 is 0. The van der Waals surface area contributed by atoms with Gasteiger partial charge in [0, 0.05) is 47.7 Å². The number of rotatable bonds is 9. The van der Waals surface area contributed by atoms with E-state index >= 15 is 0 Å². The van der Waals surface area contributed by atoms with Gasteiger partial charge in [0.15, 0.2) is 0 Å². The van der Waals surface area contributed by atoms with Gasteiger partial charge in [-0.1, -0.05) is 60.7 Å². The van der Waals surface area contributed by atoms with Gasteiger partial charge in [-0.3, -0.25) is 4.90 Å². The zero-order valence-corrected chi connectivity index (χ0v) is 19.0. The lowest BCUT2D eigenvalue weighted by Crippen LogP contribution is -2.32. The number of aliphatic hydroxyl groups excluding tert-OH is 1. The monoisotopic (exact) mass is 451 g/mol. The van der Waals surface area contributed by atoms with Gasteiger partial charge in [0.05, 0.1) is 11.6 Å². The molecule has 0 aliphatic heterocycles. The number of aliphatic hydroxyl groups is 1. The van der Waals surface area contributed by atoms with Gasteiger partial charge in [-0.05, 0) is 41.5 Å². The van der Waals surface area contributed by atoms with E-state index in [-0.39, 0.29) is 0 Å². The maximum atomic E-state index is 10.9. The third-order valence-corrected chi connectivity index (χ3v) is 6.13. The molecule has 0 spiro atoms. The quantitative estimate of drug-likeness (QED) is 0.258. The Kier molecular flexibility index (Phi) is 6.47. The van der Waals surface area contributed by atoms with E-state index in [1.54, 1.807) is 0 Å². The maximum Gasteiger partial charge on any atom is 0.121 e. The number of H-pyrrole nitrogens is 1. The molecule has 5 heteroatoms. The van der Waals surface area contributed by atoms with Crippen LogP contribution < -0.4 is 10.5 Å². The molecule has 5 rings (SSSR count). The fraction of sp³-hybridized carbons (Fsp3) is 0.172. The van der Waals surface area contributed by atoms with E-state index < -0.39 is 6.10 Å². The molecule has 1 unspecified atom stereocenters. The Morgan fingerprint density at radius 2 is 1.62 bits per heavy atom. The smallest absolute Gasteiger partial charge is 0.121 e. The van der Waals surface area contributed by atoms with Crippen LogP contribution in [0.3, 0.4) is 0 Å². The van der Waals surface area contributed by atoms with Crippen LogP contribution in [0.2, 0.25) is 0 Å². The van der Waals surface area contributed by atoms with Crippen molar-refractivity contribution in [1.29, 1.82) is 0 Å². The summed E-state index contributed by atoms with van der Waals surface area (Å²) < 4.78 is 6.12. The fourth-order valence-corrected chi connectivity index (χ4v) is 4.41. The summed E-state index contributed by atoms with van der Waals surface area (Å²) in [5.74, 6) is 0.829. The molecule has 34 heavy (non-hydrogen) atoms. The first-order chi connectivity index (χ1) is 16.7. The van der Waals surface area contributed by atoms with Crippen LogP contribution in [-0.4, -0.2) is 34.7 Å². The lowest BCUT2D eigenvalue weighted by Gasteiger charge is -2.25. The Balaban J connectivity index is 1.27. The van der Waals surface area contributed by atoms with Crippen molar-refractivity contribution in [2.24, 2.45) is 0 Å². The molecule has 4 N–H and O–H groups in total. The number of nitrogens with two attached hydrogens (primary N) is 1. The van der Waals surface area contributed by atoms with E-state index in [4.69, 9.17) is 10.5 Å². The first kappa shape index (κ1) is 22.0. The molecule has 4 aromatic carbocycles. The normalized spacial score (nSPS) is 12.4. The van der Waals surface area contributed by atoms with Gasteiger partial charge in [0.25, 0.3) is 0 Å². The van der Waals surface area contributed by atoms with Gasteiger partial charge >= 0.3 is 0 Å². The van der Waals surface area contributed by atoms with Crippen molar-refractivity contribution in [2.75, 3.05) is 25.4 Å². The van der Waals surface area contributed by atoms with E-state index in [1.165, 1.54) is 16.3 Å². The van der Waals surface area contributed by atoms with Crippen molar-refractivity contribution in [3.05, 3.63) is 108 Å². The number of ether oxygens (including phenoxy) is 1. The minimum atomic E-state index is -0.630. The van der Waals surface area contributed by atoms with Crippen molar-refractivity contribution < 1.29 is 9.84 Å². The molecular formula is C29H29N3O2. The summed E-state index contributed by atoms with van der Waals surface area (Å²) in [5.41, 5.74) is 10.8. The zero-order chi connectivity index (χ0) is 23.3. The first-order valence-corrected chi connectivity index (χ1v) is 11.6. The largest absolute Gasteiger partial charge is 0.492 e. The number of aromatic amines is 1. The highest BCUT2D eigenvalue weighted by Gasteiger charge is 2.15. The first-order valence-electron chi connectivity index (χ1n) is 11.6. The van der Waals surface area contributed by atoms with Crippen molar-refractivity contribution in [2.45, 2.75) is 12.6 Å². The zero-order valence-electron chi connectivity index (χ0n) is 19.0. The fourth-order valence-electron chi connectivity index (χ4n) is 4.41. The van der Waals surface area contributed by atoms with Gasteiger partial charge in [-0.15, -0.1) is 0 Å². The summed E-state index contributed by atoms with van der Waals surface area (Å²) in [6, 6.07) is 32.2. The van der Waals surface area contributed by atoms with Crippen molar-refractivity contribution in [3.63, 3.8) is 0 Å². The highest BCUT2D eigenvalue weighted by molar-refractivity contribution is 6.07. The molecule has 0 fully saturated rings. The number of fused-ring (bicyclic) bond motifs is 3. The second-order valence-corrected chi connectivity index (χ2v) is 8.63. The molecule has 0 radical (unpaired) electrons. The number of hydrogen-bond donors (Lipinski definition) is 3. The van der Waals surface area contributed by atoms with E-state index in [9.17, 15) is 5.11 Å². The number of aromatic nitrogens is 1. The lowest BCUT2D eigenvalue weighted by molar-refractivity contribution is 0.0986. The molecule has 0 amide bonds. The van der Waals surface area contributed by atoms with Crippen LogP contribution in [0.1, 0.15) is 17.2 Å². The third kappa shape index (κ3) is 5.06. The molecular weight excluding hydrogens is 422 g/mol. The Hall–Kier alpha value is -3.80.